The topological polar surface area (TPSA) is 72.2 Å². The van der Waals surface area contributed by atoms with Crippen molar-refractivity contribution in [1.82, 2.24) is 9.80 Å². The van der Waals surface area contributed by atoms with Crippen LogP contribution in [-0.4, -0.2) is 54.6 Å². The molecule has 0 saturated carbocycles. The van der Waals surface area contributed by atoms with Gasteiger partial charge >= 0.3 is 0 Å². The first-order chi connectivity index (χ1) is 14.6. The Balaban J connectivity index is 1.23. The molecule has 0 radical (unpaired) electrons. The molecule has 7 nitrogen and oxygen atoms in total. The van der Waals surface area contributed by atoms with Gasteiger partial charge in [-0.25, -0.2) is 0 Å². The van der Waals surface area contributed by atoms with Crippen LogP contribution in [0.25, 0.3) is 6.08 Å². The largest absolute Gasteiger partial charge is 0.472 e. The number of furan rings is 1. The Morgan fingerprint density at radius 2 is 1.87 bits per heavy atom. The summed E-state index contributed by atoms with van der Waals surface area (Å²) in [5.74, 6) is 1.44. The monoisotopic (exact) mass is 408 g/mol. The Kier molecular flexibility index (Phi) is 4.73. The van der Waals surface area contributed by atoms with Crippen LogP contribution in [0.2, 0.25) is 0 Å². The molecule has 1 atom stereocenters. The van der Waals surface area contributed by atoms with Crippen molar-refractivity contribution in [2.24, 2.45) is 5.41 Å². The van der Waals surface area contributed by atoms with Crippen molar-refractivity contribution in [3.8, 4) is 11.5 Å². The molecule has 156 valence electrons. The van der Waals surface area contributed by atoms with E-state index in [2.05, 4.69) is 0 Å². The zero-order valence-corrected chi connectivity index (χ0v) is 16.7. The molecule has 3 aliphatic rings. The van der Waals surface area contributed by atoms with E-state index in [4.69, 9.17) is 13.9 Å². The van der Waals surface area contributed by atoms with Crippen LogP contribution in [0.4, 0.5) is 0 Å². The van der Waals surface area contributed by atoms with Crippen molar-refractivity contribution < 1.29 is 23.5 Å². The average Bonchev–Trinajstić information content (AvgIpc) is 3.52. The standard InChI is InChI=1S/C23H24N2O5/c26-21(5-3-17-2-4-19-20(12-17)30-16-29-19)24-9-1-7-23(14-24)8-10-25(15-23)22(27)18-6-11-28-13-18/h2-6,11-13H,1,7-10,14-16H2/b5-3+. The fraction of sp³-hybridized carbons (Fsp3) is 0.391. The quantitative estimate of drug-likeness (QED) is 0.730. The minimum absolute atomic E-state index is 0.00588. The number of benzene rings is 1. The van der Waals surface area contributed by atoms with Gasteiger partial charge in [0, 0.05) is 37.7 Å². The summed E-state index contributed by atoms with van der Waals surface area (Å²) >= 11 is 0. The Morgan fingerprint density at radius 3 is 2.73 bits per heavy atom. The van der Waals surface area contributed by atoms with Crippen LogP contribution in [-0.2, 0) is 4.79 Å². The third-order valence-corrected chi connectivity index (χ3v) is 6.28. The summed E-state index contributed by atoms with van der Waals surface area (Å²) in [6.07, 6.45) is 9.37. The van der Waals surface area contributed by atoms with Gasteiger partial charge in [0.05, 0.1) is 11.8 Å². The van der Waals surface area contributed by atoms with Crippen LogP contribution in [0.15, 0.2) is 47.3 Å². The summed E-state index contributed by atoms with van der Waals surface area (Å²) in [7, 11) is 0. The lowest BCUT2D eigenvalue weighted by atomic mass is 9.79. The lowest BCUT2D eigenvalue weighted by Gasteiger charge is -2.40. The summed E-state index contributed by atoms with van der Waals surface area (Å²) < 4.78 is 15.8. The van der Waals surface area contributed by atoms with Gasteiger partial charge in [0.2, 0.25) is 12.7 Å². The molecule has 2 amide bonds. The number of piperidine rings is 1. The summed E-state index contributed by atoms with van der Waals surface area (Å²) in [6, 6.07) is 7.34. The number of likely N-dealkylation sites (tertiary alicyclic amines) is 2. The molecule has 1 aromatic carbocycles. The zero-order chi connectivity index (χ0) is 20.6. The molecule has 2 aromatic rings. The molecule has 0 N–H and O–H groups in total. The van der Waals surface area contributed by atoms with Crippen LogP contribution in [0.5, 0.6) is 11.5 Å². The average molecular weight is 408 g/mol. The highest BCUT2D eigenvalue weighted by Gasteiger charge is 2.43. The van der Waals surface area contributed by atoms with E-state index in [9.17, 15) is 9.59 Å². The fourth-order valence-electron chi connectivity index (χ4n) is 4.70. The van der Waals surface area contributed by atoms with Gasteiger partial charge in [-0.15, -0.1) is 0 Å². The summed E-state index contributed by atoms with van der Waals surface area (Å²) in [5, 5.41) is 0. The molecule has 1 unspecified atom stereocenters. The number of hydrogen-bond donors (Lipinski definition) is 0. The molecule has 1 aromatic heterocycles. The molecular weight excluding hydrogens is 384 g/mol. The Labute approximate surface area is 174 Å². The number of carbonyl (C=O) groups is 2. The number of fused-ring (bicyclic) bond motifs is 1. The van der Waals surface area contributed by atoms with Crippen molar-refractivity contribution in [2.75, 3.05) is 33.0 Å². The van der Waals surface area contributed by atoms with Crippen LogP contribution in [0.1, 0.15) is 35.2 Å². The van der Waals surface area contributed by atoms with Gasteiger partial charge in [0.25, 0.3) is 5.91 Å². The second-order valence-corrected chi connectivity index (χ2v) is 8.30. The molecule has 30 heavy (non-hydrogen) atoms. The van der Waals surface area contributed by atoms with Crippen molar-refractivity contribution in [1.29, 1.82) is 0 Å². The fourth-order valence-corrected chi connectivity index (χ4v) is 4.70. The van der Waals surface area contributed by atoms with E-state index < -0.39 is 0 Å². The third-order valence-electron chi connectivity index (χ3n) is 6.28. The van der Waals surface area contributed by atoms with E-state index in [0.29, 0.717) is 24.4 Å². The normalized spacial score (nSPS) is 22.9. The van der Waals surface area contributed by atoms with Crippen LogP contribution < -0.4 is 9.47 Å². The second kappa shape index (κ2) is 7.55. The van der Waals surface area contributed by atoms with Crippen LogP contribution >= 0.6 is 0 Å². The van der Waals surface area contributed by atoms with Gasteiger partial charge in [-0.2, -0.15) is 0 Å². The molecule has 2 saturated heterocycles. The van der Waals surface area contributed by atoms with Gasteiger partial charge < -0.3 is 23.7 Å². The first-order valence-corrected chi connectivity index (χ1v) is 10.3. The minimum atomic E-state index is -0.0140. The van der Waals surface area contributed by atoms with Gasteiger partial charge in [-0.1, -0.05) is 6.07 Å². The number of rotatable bonds is 3. The van der Waals surface area contributed by atoms with Crippen molar-refractivity contribution >= 4 is 17.9 Å². The predicted molar refractivity (Wildman–Crippen MR) is 109 cm³/mol. The number of hydrogen-bond acceptors (Lipinski definition) is 5. The SMILES string of the molecule is O=C(/C=C/c1ccc2c(c1)OCO2)N1CCCC2(CCN(C(=O)c3ccoc3)C2)C1. The van der Waals surface area contributed by atoms with Crippen LogP contribution in [0, 0.1) is 5.41 Å². The van der Waals surface area contributed by atoms with Gasteiger partial charge in [-0.05, 0) is 49.1 Å². The Bertz CT molecular complexity index is 983. The highest BCUT2D eigenvalue weighted by Crippen LogP contribution is 2.39. The van der Waals surface area contributed by atoms with Crippen molar-refractivity contribution in [3.05, 3.63) is 54.0 Å². The van der Waals surface area contributed by atoms with Gasteiger partial charge in [0.15, 0.2) is 11.5 Å². The maximum atomic E-state index is 12.8. The number of nitrogens with zero attached hydrogens (tertiary/aromatic N) is 2. The lowest BCUT2D eigenvalue weighted by molar-refractivity contribution is -0.129. The highest BCUT2D eigenvalue weighted by atomic mass is 16.7. The molecular formula is C23H24N2O5. The first kappa shape index (κ1) is 18.8. The van der Waals surface area contributed by atoms with Gasteiger partial charge in [0.1, 0.15) is 6.26 Å². The van der Waals surface area contributed by atoms with E-state index >= 15 is 0 Å². The predicted octanol–water partition coefficient (Wildman–Crippen LogP) is 3.18. The summed E-state index contributed by atoms with van der Waals surface area (Å²) in [5.41, 5.74) is 1.47. The molecule has 0 bridgehead atoms. The van der Waals surface area contributed by atoms with E-state index in [1.54, 1.807) is 12.1 Å². The lowest BCUT2D eigenvalue weighted by Crippen LogP contribution is -2.47. The van der Waals surface area contributed by atoms with Gasteiger partial charge in [-0.3, -0.25) is 9.59 Å². The maximum absolute atomic E-state index is 12.8. The minimum Gasteiger partial charge on any atom is -0.472 e. The number of amides is 2. The summed E-state index contributed by atoms with van der Waals surface area (Å²) in [6.45, 7) is 3.08. The van der Waals surface area contributed by atoms with E-state index in [1.807, 2.05) is 34.1 Å². The Hall–Kier alpha value is -3.22. The number of ether oxygens (including phenoxy) is 2. The molecule has 0 aliphatic carbocycles. The second-order valence-electron chi connectivity index (χ2n) is 8.30. The Morgan fingerprint density at radius 1 is 1.00 bits per heavy atom. The molecule has 1 spiro atoms. The first-order valence-electron chi connectivity index (χ1n) is 10.3. The van der Waals surface area contributed by atoms with Crippen molar-refractivity contribution in [2.45, 2.75) is 19.3 Å². The van der Waals surface area contributed by atoms with Crippen LogP contribution in [0.3, 0.4) is 0 Å². The molecule has 5 rings (SSSR count). The smallest absolute Gasteiger partial charge is 0.257 e. The number of carbonyl (C=O) groups excluding carboxylic acids is 2. The third kappa shape index (κ3) is 3.56. The summed E-state index contributed by atoms with van der Waals surface area (Å²) in [4.78, 5) is 29.3. The highest BCUT2D eigenvalue weighted by molar-refractivity contribution is 5.94. The van der Waals surface area contributed by atoms with E-state index in [-0.39, 0.29) is 24.0 Å². The van der Waals surface area contributed by atoms with E-state index in [0.717, 1.165) is 43.7 Å². The molecule has 7 heteroatoms. The van der Waals surface area contributed by atoms with E-state index in [1.165, 1.54) is 12.5 Å². The molecule has 3 aliphatic heterocycles. The molecule has 2 fully saturated rings. The van der Waals surface area contributed by atoms with Crippen molar-refractivity contribution in [3.63, 3.8) is 0 Å². The molecule has 4 heterocycles. The maximum Gasteiger partial charge on any atom is 0.257 e. The zero-order valence-electron chi connectivity index (χ0n) is 16.7.